The molecule has 1 saturated heterocycles. The van der Waals surface area contributed by atoms with Gasteiger partial charge in [0.2, 0.25) is 0 Å². The molecule has 150 valence electrons. The molecule has 1 aliphatic rings. The number of carbonyl (C=O) groups excluding carboxylic acids is 2. The average Bonchev–Trinajstić information content (AvgIpc) is 3.01. The maximum absolute atomic E-state index is 12.8. The summed E-state index contributed by atoms with van der Waals surface area (Å²) in [6.45, 7) is 0.383. The van der Waals surface area contributed by atoms with E-state index in [0.29, 0.717) is 38.0 Å². The highest BCUT2D eigenvalue weighted by Gasteiger charge is 2.36. The van der Waals surface area contributed by atoms with Crippen LogP contribution < -0.4 is 9.64 Å². The third-order valence-electron chi connectivity index (χ3n) is 4.35. The molecule has 0 atom stereocenters. The molecule has 3 aromatic rings. The highest BCUT2D eigenvalue weighted by atomic mass is 79.9. The monoisotopic (exact) mass is 499 g/mol. The maximum Gasteiger partial charge on any atom is 0.298 e. The first-order valence-electron chi connectivity index (χ1n) is 9.02. The molecule has 1 aliphatic heterocycles. The second kappa shape index (κ2) is 9.08. The molecular formula is C23H15BrClNO3S. The number of hydrogen-bond acceptors (Lipinski definition) is 4. The Morgan fingerprint density at radius 3 is 2.33 bits per heavy atom. The molecule has 1 fully saturated rings. The van der Waals surface area contributed by atoms with Crippen LogP contribution in [0.15, 0.2) is 82.2 Å². The van der Waals surface area contributed by atoms with E-state index in [0.717, 1.165) is 17.3 Å². The van der Waals surface area contributed by atoms with E-state index in [1.807, 2.05) is 42.5 Å². The van der Waals surface area contributed by atoms with E-state index in [1.54, 1.807) is 36.4 Å². The van der Waals surface area contributed by atoms with E-state index in [2.05, 4.69) is 15.9 Å². The van der Waals surface area contributed by atoms with Crippen molar-refractivity contribution in [1.82, 2.24) is 0 Å². The van der Waals surface area contributed by atoms with Gasteiger partial charge in [0.1, 0.15) is 6.61 Å². The van der Waals surface area contributed by atoms with Gasteiger partial charge in [-0.2, -0.15) is 0 Å². The van der Waals surface area contributed by atoms with E-state index in [9.17, 15) is 9.59 Å². The van der Waals surface area contributed by atoms with Crippen LogP contribution in [0.25, 0.3) is 6.08 Å². The number of hydrogen-bond donors (Lipinski definition) is 0. The van der Waals surface area contributed by atoms with Gasteiger partial charge in [-0.25, -0.2) is 4.90 Å². The fraction of sp³-hybridized carbons (Fsp3) is 0.0435. The fourth-order valence-electron chi connectivity index (χ4n) is 2.95. The second-order valence-electron chi connectivity index (χ2n) is 6.44. The van der Waals surface area contributed by atoms with Crippen LogP contribution in [-0.4, -0.2) is 11.1 Å². The number of halogens is 2. The summed E-state index contributed by atoms with van der Waals surface area (Å²) >= 11 is 10.8. The lowest BCUT2D eigenvalue weighted by Crippen LogP contribution is -2.27. The Kier molecular flexibility index (Phi) is 6.27. The van der Waals surface area contributed by atoms with Crippen molar-refractivity contribution in [1.29, 1.82) is 0 Å². The summed E-state index contributed by atoms with van der Waals surface area (Å²) in [4.78, 5) is 26.6. The summed E-state index contributed by atoms with van der Waals surface area (Å²) in [5, 5.41) is 0.0827. The van der Waals surface area contributed by atoms with Crippen LogP contribution >= 0.6 is 39.3 Å². The van der Waals surface area contributed by atoms with Crippen molar-refractivity contribution in [2.75, 3.05) is 4.90 Å². The lowest BCUT2D eigenvalue weighted by atomic mass is 10.2. The van der Waals surface area contributed by atoms with E-state index >= 15 is 0 Å². The van der Waals surface area contributed by atoms with Crippen molar-refractivity contribution >= 4 is 62.2 Å². The highest BCUT2D eigenvalue weighted by Crippen LogP contribution is 2.39. The van der Waals surface area contributed by atoms with Gasteiger partial charge in [-0.3, -0.25) is 9.59 Å². The molecule has 2 amide bonds. The number of imide groups is 1. The first kappa shape index (κ1) is 20.7. The molecule has 0 radical (unpaired) electrons. The van der Waals surface area contributed by atoms with Gasteiger partial charge in [0.15, 0.2) is 5.75 Å². The molecule has 0 saturated carbocycles. The number of thioether (sulfide) groups is 1. The van der Waals surface area contributed by atoms with Crippen molar-refractivity contribution in [3.8, 4) is 5.75 Å². The third kappa shape index (κ3) is 4.46. The predicted molar refractivity (Wildman–Crippen MR) is 125 cm³/mol. The molecule has 0 N–H and O–H groups in total. The second-order valence-corrected chi connectivity index (χ2v) is 8.70. The zero-order chi connectivity index (χ0) is 21.1. The minimum Gasteiger partial charge on any atom is -0.486 e. The Morgan fingerprint density at radius 2 is 1.67 bits per heavy atom. The quantitative estimate of drug-likeness (QED) is 0.357. The number of benzene rings is 3. The topological polar surface area (TPSA) is 46.6 Å². The fourth-order valence-corrected chi connectivity index (χ4v) is 4.78. The Labute approximate surface area is 191 Å². The molecule has 4 nitrogen and oxygen atoms in total. The lowest BCUT2D eigenvalue weighted by molar-refractivity contribution is -0.113. The molecule has 1 heterocycles. The maximum atomic E-state index is 12.8. The van der Waals surface area contributed by atoms with Gasteiger partial charge in [0.25, 0.3) is 11.1 Å². The van der Waals surface area contributed by atoms with Gasteiger partial charge in [0, 0.05) is 0 Å². The molecule has 3 aromatic carbocycles. The van der Waals surface area contributed by atoms with E-state index in [4.69, 9.17) is 16.3 Å². The standard InChI is InChI=1S/C23H15BrClNO3S/c24-18-11-16(12-19(25)21(18)29-14-15-7-3-1-4-8-15)13-20-22(27)26(23(28)30-20)17-9-5-2-6-10-17/h1-13H,14H2/b20-13-. The number of nitrogens with zero attached hydrogens (tertiary/aromatic N) is 1. The Balaban J connectivity index is 1.55. The molecular weight excluding hydrogens is 486 g/mol. The molecule has 0 aromatic heterocycles. The number of anilines is 1. The van der Waals surface area contributed by atoms with Crippen LogP contribution in [0.3, 0.4) is 0 Å². The van der Waals surface area contributed by atoms with Crippen molar-refractivity contribution in [3.63, 3.8) is 0 Å². The smallest absolute Gasteiger partial charge is 0.298 e. The van der Waals surface area contributed by atoms with Gasteiger partial charge in [-0.1, -0.05) is 60.1 Å². The van der Waals surface area contributed by atoms with Crippen LogP contribution in [0.2, 0.25) is 5.02 Å². The summed E-state index contributed by atoms with van der Waals surface area (Å²) in [7, 11) is 0. The predicted octanol–water partition coefficient (Wildman–Crippen LogP) is 6.92. The Bertz CT molecular complexity index is 1110. The lowest BCUT2D eigenvalue weighted by Gasteiger charge is -2.12. The summed E-state index contributed by atoms with van der Waals surface area (Å²) in [5.41, 5.74) is 2.27. The number of ether oxygens (including phenoxy) is 1. The number of rotatable bonds is 5. The molecule has 7 heteroatoms. The van der Waals surface area contributed by atoms with E-state index in [-0.39, 0.29) is 11.1 Å². The third-order valence-corrected chi connectivity index (χ3v) is 6.09. The zero-order valence-electron chi connectivity index (χ0n) is 15.5. The van der Waals surface area contributed by atoms with Crippen molar-refractivity contribution < 1.29 is 14.3 Å². The molecule has 0 spiro atoms. The molecule has 4 rings (SSSR count). The SMILES string of the molecule is O=C1S/C(=C\c2cc(Cl)c(OCc3ccccc3)c(Br)c2)C(=O)N1c1ccccc1. The largest absolute Gasteiger partial charge is 0.486 e. The summed E-state index contributed by atoms with van der Waals surface area (Å²) in [5.74, 6) is 0.169. The zero-order valence-corrected chi connectivity index (χ0v) is 18.7. The number of carbonyl (C=O) groups is 2. The van der Waals surface area contributed by atoms with Crippen molar-refractivity contribution in [2.24, 2.45) is 0 Å². The van der Waals surface area contributed by atoms with Gasteiger partial charge in [-0.05, 0) is 69.2 Å². The van der Waals surface area contributed by atoms with Crippen LogP contribution in [0.4, 0.5) is 10.5 Å². The Morgan fingerprint density at radius 1 is 1.00 bits per heavy atom. The van der Waals surface area contributed by atoms with Crippen LogP contribution in [0.1, 0.15) is 11.1 Å². The summed E-state index contributed by atoms with van der Waals surface area (Å²) in [6.07, 6.45) is 1.66. The normalized spacial score (nSPS) is 15.1. The van der Waals surface area contributed by atoms with E-state index in [1.165, 1.54) is 4.90 Å². The first-order chi connectivity index (χ1) is 14.5. The van der Waals surface area contributed by atoms with Gasteiger partial charge in [-0.15, -0.1) is 0 Å². The van der Waals surface area contributed by atoms with Crippen LogP contribution in [-0.2, 0) is 11.4 Å². The number of para-hydroxylation sites is 1. The van der Waals surface area contributed by atoms with Crippen LogP contribution in [0, 0.1) is 0 Å². The minimum atomic E-state index is -0.354. The highest BCUT2D eigenvalue weighted by molar-refractivity contribution is 9.10. The van der Waals surface area contributed by atoms with Gasteiger partial charge >= 0.3 is 0 Å². The van der Waals surface area contributed by atoms with Crippen LogP contribution in [0.5, 0.6) is 5.75 Å². The Hall–Kier alpha value is -2.54. The van der Waals surface area contributed by atoms with Gasteiger partial charge in [0.05, 0.1) is 20.1 Å². The minimum absolute atomic E-state index is 0.328. The molecule has 0 unspecified atom stereocenters. The van der Waals surface area contributed by atoms with E-state index < -0.39 is 0 Å². The average molecular weight is 501 g/mol. The van der Waals surface area contributed by atoms with Crippen molar-refractivity contribution in [3.05, 3.63) is 98.3 Å². The summed E-state index contributed by atoms with van der Waals surface area (Å²) in [6, 6.07) is 22.2. The number of amides is 2. The first-order valence-corrected chi connectivity index (χ1v) is 11.0. The summed E-state index contributed by atoms with van der Waals surface area (Å²) < 4.78 is 6.52. The molecule has 0 aliphatic carbocycles. The molecule has 0 bridgehead atoms. The molecule has 30 heavy (non-hydrogen) atoms. The van der Waals surface area contributed by atoms with Gasteiger partial charge < -0.3 is 4.74 Å². The van der Waals surface area contributed by atoms with Crippen molar-refractivity contribution in [2.45, 2.75) is 6.61 Å².